The molecule has 0 spiro atoms. The van der Waals surface area contributed by atoms with E-state index in [4.69, 9.17) is 0 Å². The first-order valence-electron chi connectivity index (χ1n) is 7.11. The number of rotatable bonds is 6. The highest BCUT2D eigenvalue weighted by Crippen LogP contribution is 2.19. The Hall–Kier alpha value is 0.270. The topological polar surface area (TPSA) is 6.48 Å². The minimum absolute atomic E-state index is 0.729. The van der Waals surface area contributed by atoms with Crippen LogP contribution in [0.4, 0.5) is 0 Å². The van der Waals surface area contributed by atoms with Crippen LogP contribution in [0.1, 0.15) is 33.6 Å². The van der Waals surface area contributed by atoms with Gasteiger partial charge in [-0.25, -0.2) is 0 Å². The summed E-state index contributed by atoms with van der Waals surface area (Å²) in [4.78, 5) is 5.14. The summed E-state index contributed by atoms with van der Waals surface area (Å²) in [7, 11) is 2.30. The van der Waals surface area contributed by atoms with Gasteiger partial charge < -0.3 is 9.80 Å². The van der Waals surface area contributed by atoms with Gasteiger partial charge in [-0.05, 0) is 57.1 Å². The predicted molar refractivity (Wildman–Crippen MR) is 79.9 cm³/mol. The SMILES string of the molecule is CCN1CCC(N(C)CC(CS)C(C)C)CC1. The van der Waals surface area contributed by atoms with Crippen LogP contribution in [-0.4, -0.2) is 54.8 Å². The van der Waals surface area contributed by atoms with Gasteiger partial charge in [0, 0.05) is 12.6 Å². The highest BCUT2D eigenvalue weighted by molar-refractivity contribution is 7.80. The zero-order valence-electron chi connectivity index (χ0n) is 12.0. The monoisotopic (exact) mass is 258 g/mol. The fraction of sp³-hybridized carbons (Fsp3) is 1.00. The molecule has 1 atom stereocenters. The van der Waals surface area contributed by atoms with Gasteiger partial charge in [0.15, 0.2) is 0 Å². The van der Waals surface area contributed by atoms with Crippen molar-refractivity contribution in [1.82, 2.24) is 9.80 Å². The molecule has 0 amide bonds. The van der Waals surface area contributed by atoms with Crippen LogP contribution < -0.4 is 0 Å². The Kier molecular flexibility index (Phi) is 6.90. The summed E-state index contributed by atoms with van der Waals surface area (Å²) in [6.45, 7) is 11.9. The Balaban J connectivity index is 2.35. The first-order chi connectivity index (χ1) is 8.08. The zero-order chi connectivity index (χ0) is 12.8. The van der Waals surface area contributed by atoms with Gasteiger partial charge in [-0.15, -0.1) is 0 Å². The van der Waals surface area contributed by atoms with E-state index in [2.05, 4.69) is 50.2 Å². The molecule has 1 aliphatic rings. The van der Waals surface area contributed by atoms with E-state index in [0.29, 0.717) is 0 Å². The molecular formula is C14H30N2S. The number of piperidine rings is 1. The van der Waals surface area contributed by atoms with Crippen molar-refractivity contribution in [3.05, 3.63) is 0 Å². The van der Waals surface area contributed by atoms with E-state index < -0.39 is 0 Å². The van der Waals surface area contributed by atoms with Gasteiger partial charge in [0.1, 0.15) is 0 Å². The van der Waals surface area contributed by atoms with E-state index in [1.54, 1.807) is 0 Å². The van der Waals surface area contributed by atoms with E-state index in [1.165, 1.54) is 39.0 Å². The standard InChI is InChI=1S/C14H30N2S/c1-5-16-8-6-14(7-9-16)15(4)10-13(11-17)12(2)3/h12-14,17H,5-11H2,1-4H3. The van der Waals surface area contributed by atoms with E-state index in [9.17, 15) is 0 Å². The Morgan fingerprint density at radius 1 is 1.29 bits per heavy atom. The molecule has 0 aromatic heterocycles. The molecule has 17 heavy (non-hydrogen) atoms. The molecule has 0 saturated carbocycles. The van der Waals surface area contributed by atoms with Crippen molar-refractivity contribution in [2.24, 2.45) is 11.8 Å². The van der Waals surface area contributed by atoms with Gasteiger partial charge in [0.2, 0.25) is 0 Å². The molecule has 0 aliphatic carbocycles. The molecule has 1 heterocycles. The van der Waals surface area contributed by atoms with E-state index in [-0.39, 0.29) is 0 Å². The molecule has 0 aromatic rings. The van der Waals surface area contributed by atoms with Gasteiger partial charge in [0.25, 0.3) is 0 Å². The van der Waals surface area contributed by atoms with Crippen molar-refractivity contribution >= 4 is 12.6 Å². The van der Waals surface area contributed by atoms with Crippen LogP contribution in [0.25, 0.3) is 0 Å². The zero-order valence-corrected chi connectivity index (χ0v) is 12.9. The first kappa shape index (κ1) is 15.3. The van der Waals surface area contributed by atoms with Gasteiger partial charge in [-0.2, -0.15) is 12.6 Å². The first-order valence-corrected chi connectivity index (χ1v) is 7.75. The van der Waals surface area contributed by atoms with Crippen LogP contribution in [0.15, 0.2) is 0 Å². The number of likely N-dealkylation sites (tertiary alicyclic amines) is 1. The molecule has 1 rings (SSSR count). The minimum Gasteiger partial charge on any atom is -0.303 e. The molecule has 0 aromatic carbocycles. The Bertz CT molecular complexity index is 200. The van der Waals surface area contributed by atoms with Crippen LogP contribution in [0.2, 0.25) is 0 Å². The van der Waals surface area contributed by atoms with E-state index >= 15 is 0 Å². The largest absolute Gasteiger partial charge is 0.303 e. The number of hydrogen-bond donors (Lipinski definition) is 1. The summed E-state index contributed by atoms with van der Waals surface area (Å²) >= 11 is 4.49. The third-order valence-electron chi connectivity index (χ3n) is 4.33. The summed E-state index contributed by atoms with van der Waals surface area (Å²) in [5.74, 6) is 2.48. The second-order valence-corrected chi connectivity index (χ2v) is 6.16. The van der Waals surface area contributed by atoms with Crippen molar-refractivity contribution in [1.29, 1.82) is 0 Å². The molecule has 3 heteroatoms. The lowest BCUT2D eigenvalue weighted by atomic mass is 9.95. The fourth-order valence-electron chi connectivity index (χ4n) is 2.67. The molecule has 2 nitrogen and oxygen atoms in total. The molecule has 1 aliphatic heterocycles. The lowest BCUT2D eigenvalue weighted by Crippen LogP contribution is -2.45. The van der Waals surface area contributed by atoms with Gasteiger partial charge >= 0.3 is 0 Å². The number of hydrogen-bond acceptors (Lipinski definition) is 3. The molecular weight excluding hydrogens is 228 g/mol. The minimum atomic E-state index is 0.729. The lowest BCUT2D eigenvalue weighted by Gasteiger charge is -2.38. The van der Waals surface area contributed by atoms with Crippen LogP contribution in [-0.2, 0) is 0 Å². The lowest BCUT2D eigenvalue weighted by molar-refractivity contribution is 0.114. The molecule has 0 radical (unpaired) electrons. The van der Waals surface area contributed by atoms with Crippen LogP contribution >= 0.6 is 12.6 Å². The van der Waals surface area contributed by atoms with Crippen molar-refractivity contribution in [3.63, 3.8) is 0 Å². The summed E-state index contributed by atoms with van der Waals surface area (Å²) in [5, 5.41) is 0. The Labute approximate surface area is 113 Å². The number of thiol groups is 1. The maximum Gasteiger partial charge on any atom is 0.0117 e. The van der Waals surface area contributed by atoms with Crippen LogP contribution in [0.3, 0.4) is 0 Å². The molecule has 1 fully saturated rings. The average Bonchev–Trinajstić information content (AvgIpc) is 2.35. The highest BCUT2D eigenvalue weighted by atomic mass is 32.1. The van der Waals surface area contributed by atoms with Gasteiger partial charge in [-0.1, -0.05) is 20.8 Å². The maximum absolute atomic E-state index is 4.49. The normalized spacial score (nSPS) is 21.4. The molecule has 102 valence electrons. The third-order valence-corrected chi connectivity index (χ3v) is 4.80. The Morgan fingerprint density at radius 2 is 1.88 bits per heavy atom. The van der Waals surface area contributed by atoms with Crippen molar-refractivity contribution in [2.45, 2.75) is 39.7 Å². The summed E-state index contributed by atoms with van der Waals surface area (Å²) in [6.07, 6.45) is 2.67. The second kappa shape index (κ2) is 7.65. The number of nitrogens with zero attached hydrogens (tertiary/aromatic N) is 2. The van der Waals surface area contributed by atoms with Gasteiger partial charge in [0.05, 0.1) is 0 Å². The fourth-order valence-corrected chi connectivity index (χ4v) is 3.21. The van der Waals surface area contributed by atoms with Crippen molar-refractivity contribution in [3.8, 4) is 0 Å². The summed E-state index contributed by atoms with van der Waals surface area (Å²) in [6, 6.07) is 0.791. The third kappa shape index (κ3) is 4.80. The summed E-state index contributed by atoms with van der Waals surface area (Å²) < 4.78 is 0. The van der Waals surface area contributed by atoms with E-state index in [0.717, 1.165) is 23.6 Å². The molecule has 0 bridgehead atoms. The molecule has 1 unspecified atom stereocenters. The maximum atomic E-state index is 4.49. The van der Waals surface area contributed by atoms with Crippen molar-refractivity contribution in [2.75, 3.05) is 39.0 Å². The quantitative estimate of drug-likeness (QED) is 0.732. The summed E-state index contributed by atoms with van der Waals surface area (Å²) in [5.41, 5.74) is 0. The second-order valence-electron chi connectivity index (χ2n) is 5.79. The van der Waals surface area contributed by atoms with Crippen LogP contribution in [0, 0.1) is 11.8 Å². The average molecular weight is 258 g/mol. The Morgan fingerprint density at radius 3 is 2.29 bits per heavy atom. The van der Waals surface area contributed by atoms with Crippen molar-refractivity contribution < 1.29 is 0 Å². The van der Waals surface area contributed by atoms with E-state index in [1.807, 2.05) is 0 Å². The van der Waals surface area contributed by atoms with Crippen LogP contribution in [0.5, 0.6) is 0 Å². The molecule has 1 saturated heterocycles. The predicted octanol–water partition coefficient (Wildman–Crippen LogP) is 2.60. The highest BCUT2D eigenvalue weighted by Gasteiger charge is 2.23. The van der Waals surface area contributed by atoms with Gasteiger partial charge in [-0.3, -0.25) is 0 Å². The molecule has 0 N–H and O–H groups in total. The smallest absolute Gasteiger partial charge is 0.0117 e.